The molecule has 2 unspecified atom stereocenters. The molecular formula is C26H32N2O8. The summed E-state index contributed by atoms with van der Waals surface area (Å²) in [5.74, 6) is -12.7. The first-order valence-corrected chi connectivity index (χ1v) is 12.0. The number of ketones is 4. The summed E-state index contributed by atoms with van der Waals surface area (Å²) < 4.78 is 0. The van der Waals surface area contributed by atoms with E-state index in [1.165, 1.54) is 0 Å². The number of hydrogen-bond donors (Lipinski definition) is 5. The van der Waals surface area contributed by atoms with E-state index in [-0.39, 0.29) is 23.3 Å². The van der Waals surface area contributed by atoms with Crippen LogP contribution in [0, 0.1) is 29.1 Å². The van der Waals surface area contributed by atoms with Crippen molar-refractivity contribution in [1.29, 1.82) is 0 Å². The molecule has 6 N–H and O–H groups in total. The van der Waals surface area contributed by atoms with Crippen molar-refractivity contribution in [3.8, 4) is 5.75 Å². The summed E-state index contributed by atoms with van der Waals surface area (Å²) in [6.45, 7) is 8.70. The number of rotatable bonds is 4. The average Bonchev–Trinajstić information content (AvgIpc) is 2.76. The van der Waals surface area contributed by atoms with E-state index >= 15 is 0 Å². The third kappa shape index (κ3) is 3.70. The van der Waals surface area contributed by atoms with Crippen LogP contribution in [0.5, 0.6) is 5.75 Å². The van der Waals surface area contributed by atoms with E-state index in [1.807, 2.05) is 20.8 Å². The van der Waals surface area contributed by atoms with E-state index in [4.69, 9.17) is 5.73 Å². The highest BCUT2D eigenvalue weighted by molar-refractivity contribution is 6.31. The highest BCUT2D eigenvalue weighted by Gasteiger charge is 2.69. The minimum Gasteiger partial charge on any atom is -0.507 e. The molecule has 36 heavy (non-hydrogen) atoms. The number of benzene rings is 1. The smallest absolute Gasteiger partial charge is 0.235 e. The molecule has 194 valence electrons. The van der Waals surface area contributed by atoms with Crippen molar-refractivity contribution < 1.29 is 39.3 Å². The number of fused-ring (bicyclic) bond motifs is 3. The fraction of sp³-hybridized carbons (Fsp3) is 0.577. The molecule has 3 aliphatic rings. The van der Waals surface area contributed by atoms with Crippen LogP contribution >= 0.6 is 0 Å². The van der Waals surface area contributed by atoms with Gasteiger partial charge in [-0.1, -0.05) is 39.8 Å². The number of primary amides is 1. The predicted molar refractivity (Wildman–Crippen MR) is 126 cm³/mol. The van der Waals surface area contributed by atoms with Crippen LogP contribution in [0.1, 0.15) is 61.5 Å². The van der Waals surface area contributed by atoms with Gasteiger partial charge >= 0.3 is 0 Å². The van der Waals surface area contributed by atoms with Crippen LogP contribution in [-0.2, 0) is 25.7 Å². The van der Waals surface area contributed by atoms with Crippen molar-refractivity contribution in [3.05, 3.63) is 28.8 Å². The fourth-order valence-electron chi connectivity index (χ4n) is 6.11. The molecule has 1 aromatic rings. The molecule has 10 nitrogen and oxygen atoms in total. The van der Waals surface area contributed by atoms with Crippen molar-refractivity contribution in [3.63, 3.8) is 0 Å². The molecule has 1 amide bonds. The molecule has 0 bridgehead atoms. The van der Waals surface area contributed by atoms with Gasteiger partial charge in [0.25, 0.3) is 0 Å². The van der Waals surface area contributed by atoms with Crippen molar-refractivity contribution >= 4 is 29.0 Å². The van der Waals surface area contributed by atoms with Crippen LogP contribution in [0.3, 0.4) is 0 Å². The summed E-state index contributed by atoms with van der Waals surface area (Å²) in [6, 6.07) is 3.34. The zero-order valence-electron chi connectivity index (χ0n) is 20.7. The lowest BCUT2D eigenvalue weighted by molar-refractivity contribution is -0.189. The second-order valence-corrected chi connectivity index (χ2v) is 11.5. The largest absolute Gasteiger partial charge is 0.507 e. The first kappa shape index (κ1) is 26.1. The van der Waals surface area contributed by atoms with Gasteiger partial charge in [0.1, 0.15) is 5.75 Å². The van der Waals surface area contributed by atoms with Crippen LogP contribution in [0.4, 0.5) is 0 Å². The Morgan fingerprint density at radius 1 is 1.17 bits per heavy atom. The lowest BCUT2D eigenvalue weighted by Crippen LogP contribution is -2.72. The van der Waals surface area contributed by atoms with E-state index in [9.17, 15) is 39.3 Å². The molecule has 0 radical (unpaired) electrons. The van der Waals surface area contributed by atoms with Gasteiger partial charge in [0.2, 0.25) is 5.91 Å². The number of hydrogen-bond acceptors (Lipinski definition) is 9. The SMILES string of the molecule is C[C@H]1c2ccc(CNCC(C)(C)C)c(O)c2C(=O)C2C(=O)[C@]3(O)C(=O)C(C(N)=O)C(=O)C[C@@H]3[C@@H](O)[C@@H]21. The number of aromatic hydroxyl groups is 1. The normalized spacial score (nSPS) is 34.2. The topological polar surface area (TPSA) is 184 Å². The fourth-order valence-corrected chi connectivity index (χ4v) is 6.11. The number of phenols is 1. The number of Topliss-reactive ketones (excluding diaryl/α,β-unsaturated/α-hetero) is 4. The minimum absolute atomic E-state index is 0.0191. The molecule has 2 saturated carbocycles. The number of phenolic OH excluding ortho intramolecular Hbond substituents is 1. The Morgan fingerprint density at radius 2 is 1.81 bits per heavy atom. The predicted octanol–water partition coefficient (Wildman–Crippen LogP) is -0.00560. The molecule has 0 aromatic heterocycles. The van der Waals surface area contributed by atoms with Crippen molar-refractivity contribution in [2.75, 3.05) is 6.54 Å². The van der Waals surface area contributed by atoms with Crippen molar-refractivity contribution in [2.24, 2.45) is 34.8 Å². The molecule has 0 heterocycles. The summed E-state index contributed by atoms with van der Waals surface area (Å²) >= 11 is 0. The minimum atomic E-state index is -2.91. The molecule has 1 aromatic carbocycles. The Morgan fingerprint density at radius 3 is 2.39 bits per heavy atom. The molecular weight excluding hydrogens is 468 g/mol. The second-order valence-electron chi connectivity index (χ2n) is 11.5. The third-order valence-electron chi connectivity index (χ3n) is 7.91. The van der Waals surface area contributed by atoms with E-state index < -0.39 is 76.8 Å². The molecule has 4 rings (SSSR count). The Bertz CT molecular complexity index is 1190. The van der Waals surface area contributed by atoms with E-state index in [1.54, 1.807) is 19.1 Å². The maximum Gasteiger partial charge on any atom is 0.235 e. The number of nitrogens with one attached hydrogen (secondary N) is 1. The first-order valence-electron chi connectivity index (χ1n) is 12.0. The van der Waals surface area contributed by atoms with Gasteiger partial charge in [-0.25, -0.2) is 0 Å². The van der Waals surface area contributed by atoms with Gasteiger partial charge < -0.3 is 26.4 Å². The number of aliphatic hydroxyl groups is 2. The number of carbonyl (C=O) groups is 5. The summed E-state index contributed by atoms with van der Waals surface area (Å²) in [5.41, 5.74) is 3.03. The van der Waals surface area contributed by atoms with Gasteiger partial charge in [0.15, 0.2) is 34.7 Å². The highest BCUT2D eigenvalue weighted by atomic mass is 16.3. The zero-order chi connectivity index (χ0) is 26.9. The monoisotopic (exact) mass is 500 g/mol. The summed E-state index contributed by atoms with van der Waals surface area (Å²) in [6.07, 6.45) is -2.18. The summed E-state index contributed by atoms with van der Waals surface area (Å²) in [7, 11) is 0. The van der Waals surface area contributed by atoms with Gasteiger partial charge in [-0.05, 0) is 16.9 Å². The Labute approximate surface area is 208 Å². The molecule has 7 atom stereocenters. The molecule has 0 aliphatic heterocycles. The van der Waals surface area contributed by atoms with Crippen molar-refractivity contribution in [1.82, 2.24) is 5.32 Å². The van der Waals surface area contributed by atoms with E-state index in [0.717, 1.165) is 0 Å². The Hall–Kier alpha value is -2.95. The maximum absolute atomic E-state index is 13.7. The lowest BCUT2D eigenvalue weighted by Gasteiger charge is -2.52. The molecule has 10 heteroatoms. The van der Waals surface area contributed by atoms with Gasteiger partial charge in [-0.15, -0.1) is 0 Å². The van der Waals surface area contributed by atoms with Gasteiger partial charge in [-0.2, -0.15) is 0 Å². The second kappa shape index (κ2) is 8.57. The van der Waals surface area contributed by atoms with Crippen molar-refractivity contribution in [2.45, 2.75) is 58.3 Å². The van der Waals surface area contributed by atoms with Gasteiger partial charge in [-0.3, -0.25) is 24.0 Å². The van der Waals surface area contributed by atoms with Crippen LogP contribution in [0.15, 0.2) is 12.1 Å². The van der Waals surface area contributed by atoms with E-state index in [2.05, 4.69) is 5.32 Å². The molecule has 0 saturated heterocycles. The molecule has 3 aliphatic carbocycles. The molecule has 2 fully saturated rings. The maximum atomic E-state index is 13.7. The zero-order valence-corrected chi connectivity index (χ0v) is 20.7. The first-order chi connectivity index (χ1) is 16.6. The molecule has 0 spiro atoms. The summed E-state index contributed by atoms with van der Waals surface area (Å²) in [5, 5.41) is 36.8. The highest BCUT2D eigenvalue weighted by Crippen LogP contribution is 2.54. The van der Waals surface area contributed by atoms with Crippen LogP contribution in [0.25, 0.3) is 0 Å². The Balaban J connectivity index is 1.77. The quantitative estimate of drug-likeness (QED) is 0.355. The third-order valence-corrected chi connectivity index (χ3v) is 7.91. The van der Waals surface area contributed by atoms with E-state index in [0.29, 0.717) is 17.7 Å². The number of carbonyl (C=O) groups excluding carboxylic acids is 5. The lowest BCUT2D eigenvalue weighted by atomic mass is 9.50. The number of nitrogens with two attached hydrogens (primary N) is 1. The number of aliphatic hydroxyl groups excluding tert-OH is 1. The average molecular weight is 501 g/mol. The van der Waals surface area contributed by atoms with Crippen LogP contribution < -0.4 is 11.1 Å². The standard InChI is InChI=1S/C26H32N2O8/c1-10-12-6-5-11(8-28-9-25(2,3)4)19(30)16(12)21(32)18-15(10)20(31)13-7-14(29)17(24(27)35)22(33)26(13,36)23(18)34/h5-6,10,13,15,17-18,20,28,30-31,36H,7-9H2,1-4H3,(H2,27,35)/t10-,13+,15+,17?,18?,20+,26+/m0/s1. The van der Waals surface area contributed by atoms with Gasteiger partial charge in [0, 0.05) is 36.9 Å². The van der Waals surface area contributed by atoms with Gasteiger partial charge in [0.05, 0.1) is 17.6 Å². The Kier molecular flexibility index (Phi) is 6.22. The number of amides is 1. The summed E-state index contributed by atoms with van der Waals surface area (Å²) in [4.78, 5) is 64.6. The van der Waals surface area contributed by atoms with Crippen LogP contribution in [0.2, 0.25) is 0 Å². The van der Waals surface area contributed by atoms with Crippen LogP contribution in [-0.4, -0.2) is 62.6 Å².